The van der Waals surface area contributed by atoms with Crippen molar-refractivity contribution in [2.75, 3.05) is 6.61 Å². The van der Waals surface area contributed by atoms with Crippen molar-refractivity contribution in [3.05, 3.63) is 36.0 Å². The molecule has 19 heavy (non-hydrogen) atoms. The van der Waals surface area contributed by atoms with E-state index in [0.29, 0.717) is 18.1 Å². The Morgan fingerprint density at radius 3 is 2.74 bits per heavy atom. The number of hydrogen-bond donors (Lipinski definition) is 0. The standard InChI is InChI=1S/C11H12N4O2.C2H6/c1-3-17-11(16)9-6-8(2)14-15(9)10-4-5-12-7-13-10;1-2/h4-7H,3H2,1-2H3;1-2H3. The fraction of sp³-hybridized carbons (Fsp3) is 0.385. The average molecular weight is 262 g/mol. The molecule has 0 aliphatic rings. The summed E-state index contributed by atoms with van der Waals surface area (Å²) in [6, 6.07) is 3.34. The second-order valence-corrected chi connectivity index (χ2v) is 3.37. The van der Waals surface area contributed by atoms with Crippen LogP contribution in [0.1, 0.15) is 37.0 Å². The van der Waals surface area contributed by atoms with E-state index in [0.717, 1.165) is 5.69 Å². The van der Waals surface area contributed by atoms with Gasteiger partial charge in [0.2, 0.25) is 0 Å². The van der Waals surface area contributed by atoms with Crippen LogP contribution >= 0.6 is 0 Å². The lowest BCUT2D eigenvalue weighted by Gasteiger charge is -2.04. The van der Waals surface area contributed by atoms with Gasteiger partial charge in [0.1, 0.15) is 6.33 Å². The number of aromatic nitrogens is 4. The molecule has 0 saturated carbocycles. The summed E-state index contributed by atoms with van der Waals surface area (Å²) in [6.45, 7) is 7.89. The Balaban J connectivity index is 0.000000861. The lowest BCUT2D eigenvalue weighted by Crippen LogP contribution is -2.12. The molecule has 0 N–H and O–H groups in total. The molecule has 0 saturated heterocycles. The maximum atomic E-state index is 11.7. The summed E-state index contributed by atoms with van der Waals surface area (Å²) in [6.07, 6.45) is 3.00. The van der Waals surface area contributed by atoms with E-state index in [9.17, 15) is 4.79 Å². The van der Waals surface area contributed by atoms with Gasteiger partial charge in [-0.2, -0.15) is 5.10 Å². The van der Waals surface area contributed by atoms with Crippen molar-refractivity contribution < 1.29 is 9.53 Å². The zero-order valence-corrected chi connectivity index (χ0v) is 11.6. The minimum absolute atomic E-state index is 0.326. The Morgan fingerprint density at radius 2 is 2.16 bits per heavy atom. The Bertz CT molecular complexity index is 523. The van der Waals surface area contributed by atoms with Crippen LogP contribution in [-0.4, -0.2) is 32.3 Å². The highest BCUT2D eigenvalue weighted by Crippen LogP contribution is 2.10. The third-order valence-corrected chi connectivity index (χ3v) is 2.10. The SMILES string of the molecule is CC.CCOC(=O)c1cc(C)nn1-c1ccncn1. The quantitative estimate of drug-likeness (QED) is 0.793. The zero-order chi connectivity index (χ0) is 14.3. The molecule has 0 atom stereocenters. The normalized spacial score (nSPS) is 9.47. The van der Waals surface area contributed by atoms with E-state index in [1.54, 1.807) is 32.2 Å². The Labute approximate surface area is 112 Å². The maximum Gasteiger partial charge on any atom is 0.357 e. The van der Waals surface area contributed by atoms with Gasteiger partial charge in [0, 0.05) is 12.3 Å². The van der Waals surface area contributed by atoms with Gasteiger partial charge in [0.25, 0.3) is 0 Å². The Kier molecular flexibility index (Phi) is 5.66. The van der Waals surface area contributed by atoms with E-state index in [-0.39, 0.29) is 0 Å². The van der Waals surface area contributed by atoms with Crippen LogP contribution in [0, 0.1) is 6.92 Å². The van der Waals surface area contributed by atoms with Crippen molar-refractivity contribution in [3.8, 4) is 5.82 Å². The summed E-state index contributed by atoms with van der Waals surface area (Å²) >= 11 is 0. The highest BCUT2D eigenvalue weighted by molar-refractivity contribution is 5.88. The average Bonchev–Trinajstić information content (AvgIpc) is 2.84. The van der Waals surface area contributed by atoms with E-state index in [2.05, 4.69) is 15.1 Å². The Morgan fingerprint density at radius 1 is 1.42 bits per heavy atom. The minimum Gasteiger partial charge on any atom is -0.461 e. The first-order chi connectivity index (χ1) is 9.22. The van der Waals surface area contributed by atoms with E-state index < -0.39 is 5.97 Å². The number of nitrogens with zero attached hydrogens (tertiary/aromatic N) is 4. The summed E-state index contributed by atoms with van der Waals surface area (Å²) in [5, 5.41) is 4.21. The molecule has 0 amide bonds. The van der Waals surface area contributed by atoms with Gasteiger partial charge in [-0.15, -0.1) is 0 Å². The predicted molar refractivity (Wildman–Crippen MR) is 71.2 cm³/mol. The van der Waals surface area contributed by atoms with Crippen molar-refractivity contribution in [2.24, 2.45) is 0 Å². The molecule has 102 valence electrons. The van der Waals surface area contributed by atoms with Crippen LogP contribution in [0.2, 0.25) is 0 Å². The van der Waals surface area contributed by atoms with E-state index in [4.69, 9.17) is 4.74 Å². The molecule has 0 bridgehead atoms. The van der Waals surface area contributed by atoms with E-state index in [1.807, 2.05) is 13.8 Å². The van der Waals surface area contributed by atoms with Crippen molar-refractivity contribution in [2.45, 2.75) is 27.7 Å². The fourth-order valence-corrected chi connectivity index (χ4v) is 1.43. The topological polar surface area (TPSA) is 69.9 Å². The van der Waals surface area contributed by atoms with Crippen molar-refractivity contribution in [1.82, 2.24) is 19.7 Å². The second kappa shape index (κ2) is 7.25. The number of hydrogen-bond acceptors (Lipinski definition) is 5. The molecule has 2 heterocycles. The largest absolute Gasteiger partial charge is 0.461 e. The molecular formula is C13H18N4O2. The summed E-state index contributed by atoms with van der Waals surface area (Å²) < 4.78 is 6.41. The van der Waals surface area contributed by atoms with Crippen molar-refractivity contribution in [1.29, 1.82) is 0 Å². The molecule has 0 spiro atoms. The van der Waals surface area contributed by atoms with Crippen LogP contribution in [-0.2, 0) is 4.74 Å². The molecule has 0 radical (unpaired) electrons. The lowest BCUT2D eigenvalue weighted by atomic mass is 10.3. The second-order valence-electron chi connectivity index (χ2n) is 3.37. The molecule has 0 unspecified atom stereocenters. The smallest absolute Gasteiger partial charge is 0.357 e. The van der Waals surface area contributed by atoms with Gasteiger partial charge in [0.05, 0.1) is 12.3 Å². The van der Waals surface area contributed by atoms with E-state index in [1.165, 1.54) is 11.0 Å². The maximum absolute atomic E-state index is 11.7. The molecule has 0 fully saturated rings. The molecule has 0 aliphatic carbocycles. The predicted octanol–water partition coefficient (Wildman–Crippen LogP) is 2.17. The van der Waals surface area contributed by atoms with Gasteiger partial charge in [-0.1, -0.05) is 13.8 Å². The fourth-order valence-electron chi connectivity index (χ4n) is 1.43. The molecule has 2 aromatic heterocycles. The third kappa shape index (κ3) is 3.61. The van der Waals surface area contributed by atoms with Gasteiger partial charge in [-0.25, -0.2) is 19.4 Å². The van der Waals surface area contributed by atoms with Gasteiger partial charge >= 0.3 is 5.97 Å². The number of ether oxygens (including phenoxy) is 1. The number of carbonyl (C=O) groups is 1. The summed E-state index contributed by atoms with van der Waals surface area (Å²) in [5.74, 6) is 0.128. The van der Waals surface area contributed by atoms with Crippen LogP contribution in [0.3, 0.4) is 0 Å². The molecular weight excluding hydrogens is 244 g/mol. The summed E-state index contributed by atoms with van der Waals surface area (Å²) in [7, 11) is 0. The molecule has 6 nitrogen and oxygen atoms in total. The lowest BCUT2D eigenvalue weighted by molar-refractivity contribution is 0.0515. The van der Waals surface area contributed by atoms with Gasteiger partial charge in [-0.05, 0) is 19.9 Å². The van der Waals surface area contributed by atoms with Gasteiger partial charge < -0.3 is 4.74 Å². The van der Waals surface area contributed by atoms with E-state index >= 15 is 0 Å². The molecule has 0 aliphatic heterocycles. The zero-order valence-electron chi connectivity index (χ0n) is 11.6. The first-order valence-electron chi connectivity index (χ1n) is 6.22. The molecule has 2 rings (SSSR count). The van der Waals surface area contributed by atoms with Crippen LogP contribution in [0.5, 0.6) is 0 Å². The summed E-state index contributed by atoms with van der Waals surface area (Å²) in [4.78, 5) is 19.6. The monoisotopic (exact) mass is 262 g/mol. The van der Waals surface area contributed by atoms with Crippen molar-refractivity contribution in [3.63, 3.8) is 0 Å². The third-order valence-electron chi connectivity index (χ3n) is 2.10. The van der Waals surface area contributed by atoms with Crippen LogP contribution in [0.25, 0.3) is 5.82 Å². The number of aryl methyl sites for hydroxylation is 1. The number of rotatable bonds is 3. The van der Waals surface area contributed by atoms with Crippen LogP contribution in [0.4, 0.5) is 0 Å². The molecule has 2 aromatic rings. The van der Waals surface area contributed by atoms with Crippen molar-refractivity contribution >= 4 is 5.97 Å². The first kappa shape index (κ1) is 14.8. The molecule has 0 aromatic carbocycles. The first-order valence-corrected chi connectivity index (χ1v) is 6.22. The summed E-state index contributed by atoms with van der Waals surface area (Å²) in [5.41, 5.74) is 1.09. The number of esters is 1. The van der Waals surface area contributed by atoms with Gasteiger partial charge in [-0.3, -0.25) is 0 Å². The highest BCUT2D eigenvalue weighted by atomic mass is 16.5. The molecule has 6 heteroatoms. The highest BCUT2D eigenvalue weighted by Gasteiger charge is 2.16. The Hall–Kier alpha value is -2.24. The van der Waals surface area contributed by atoms with Crippen LogP contribution in [0.15, 0.2) is 24.7 Å². The minimum atomic E-state index is -0.410. The number of carbonyl (C=O) groups excluding carboxylic acids is 1. The van der Waals surface area contributed by atoms with Crippen LogP contribution < -0.4 is 0 Å². The van der Waals surface area contributed by atoms with Gasteiger partial charge in [0.15, 0.2) is 11.5 Å².